The van der Waals surface area contributed by atoms with E-state index < -0.39 is 16.1 Å². The molecule has 0 radical (unpaired) electrons. The molecule has 0 unspecified atom stereocenters. The van der Waals surface area contributed by atoms with E-state index in [0.717, 1.165) is 0 Å². The van der Waals surface area contributed by atoms with Gasteiger partial charge in [-0.25, -0.2) is 18.2 Å². The van der Waals surface area contributed by atoms with Gasteiger partial charge in [0.2, 0.25) is 10.0 Å². The van der Waals surface area contributed by atoms with Gasteiger partial charge < -0.3 is 15.1 Å². The second-order valence-corrected chi connectivity index (χ2v) is 8.00. The van der Waals surface area contributed by atoms with Crippen molar-refractivity contribution in [3.63, 3.8) is 0 Å². The van der Waals surface area contributed by atoms with Crippen molar-refractivity contribution in [1.82, 2.24) is 10.3 Å². The highest BCUT2D eigenvalue weighted by Crippen LogP contribution is 2.18. The molecule has 1 aromatic heterocycles. The van der Waals surface area contributed by atoms with Crippen LogP contribution in [0.4, 0.5) is 16.2 Å². The van der Waals surface area contributed by atoms with Gasteiger partial charge in [0.25, 0.3) is 0 Å². The zero-order valence-electron chi connectivity index (χ0n) is 14.6. The first-order chi connectivity index (χ1) is 13.4. The van der Waals surface area contributed by atoms with Crippen molar-refractivity contribution in [3.8, 4) is 0 Å². The third kappa shape index (κ3) is 6.00. The Kier molecular flexibility index (Phi) is 6.17. The zero-order valence-corrected chi connectivity index (χ0v) is 16.1. The van der Waals surface area contributed by atoms with Gasteiger partial charge in [0, 0.05) is 16.4 Å². The van der Waals surface area contributed by atoms with Gasteiger partial charge in [-0.3, -0.25) is 4.72 Å². The van der Waals surface area contributed by atoms with Gasteiger partial charge in [0.05, 0.1) is 18.5 Å². The van der Waals surface area contributed by atoms with Gasteiger partial charge >= 0.3 is 6.03 Å². The number of hydrogen-bond donors (Lipinski definition) is 3. The molecule has 3 N–H and O–H groups in total. The summed E-state index contributed by atoms with van der Waals surface area (Å²) in [6, 6.07) is 12.5. The van der Waals surface area contributed by atoms with Crippen molar-refractivity contribution >= 4 is 39.0 Å². The molecule has 3 aromatic rings. The molecule has 0 spiro atoms. The fraction of sp³-hybridized carbons (Fsp3) is 0.111. The summed E-state index contributed by atoms with van der Waals surface area (Å²) in [6.07, 6.45) is 2.78. The highest BCUT2D eigenvalue weighted by atomic mass is 35.5. The molecule has 28 heavy (non-hydrogen) atoms. The molecule has 0 aliphatic heterocycles. The third-order valence-electron chi connectivity index (χ3n) is 3.57. The average Bonchev–Trinajstić information content (AvgIpc) is 3.14. The van der Waals surface area contributed by atoms with E-state index in [1.807, 2.05) is 0 Å². The molecule has 8 nitrogen and oxygen atoms in total. The Morgan fingerprint density at radius 3 is 2.54 bits per heavy atom. The number of amides is 2. The summed E-state index contributed by atoms with van der Waals surface area (Å²) in [4.78, 5) is 15.6. The molecular formula is C18H17ClN4O4S. The number of nitrogens with zero attached hydrogens (tertiary/aromatic N) is 1. The number of oxazole rings is 1. The van der Waals surface area contributed by atoms with Gasteiger partial charge in [-0.1, -0.05) is 23.7 Å². The van der Waals surface area contributed by atoms with E-state index in [2.05, 4.69) is 20.3 Å². The summed E-state index contributed by atoms with van der Waals surface area (Å²) in [7, 11) is -3.60. The molecule has 0 aliphatic carbocycles. The molecule has 0 atom stereocenters. The summed E-state index contributed by atoms with van der Waals surface area (Å²) in [5, 5.41) is 5.73. The largest absolute Gasteiger partial charge is 0.447 e. The minimum absolute atomic E-state index is 0.197. The van der Waals surface area contributed by atoms with E-state index >= 15 is 0 Å². The summed E-state index contributed by atoms with van der Waals surface area (Å²) in [5.41, 5.74) is 1.48. The lowest BCUT2D eigenvalue weighted by Gasteiger charge is -2.10. The highest BCUT2D eigenvalue weighted by molar-refractivity contribution is 7.91. The molecule has 2 amide bonds. The Morgan fingerprint density at radius 1 is 1.11 bits per heavy atom. The molecule has 146 valence electrons. The quantitative estimate of drug-likeness (QED) is 0.540. The Bertz CT molecular complexity index is 1040. The van der Waals surface area contributed by atoms with Crippen LogP contribution in [0.5, 0.6) is 0 Å². The van der Waals surface area contributed by atoms with Crippen LogP contribution in [0.25, 0.3) is 0 Å². The van der Waals surface area contributed by atoms with E-state index in [1.54, 1.807) is 48.5 Å². The van der Waals surface area contributed by atoms with Gasteiger partial charge in [-0.15, -0.1) is 0 Å². The van der Waals surface area contributed by atoms with Crippen LogP contribution in [0.2, 0.25) is 5.02 Å². The second-order valence-electron chi connectivity index (χ2n) is 5.84. The molecule has 2 aromatic carbocycles. The minimum atomic E-state index is -3.60. The lowest BCUT2D eigenvalue weighted by Crippen LogP contribution is -2.28. The van der Waals surface area contributed by atoms with E-state index in [9.17, 15) is 13.2 Å². The average molecular weight is 421 g/mol. The topological polar surface area (TPSA) is 113 Å². The number of rotatable bonds is 7. The molecule has 10 heteroatoms. The first-order valence-electron chi connectivity index (χ1n) is 8.17. The van der Waals surface area contributed by atoms with Crippen LogP contribution in [0.3, 0.4) is 0 Å². The Labute approximate surface area is 167 Å². The summed E-state index contributed by atoms with van der Waals surface area (Å²) < 4.78 is 32.1. The van der Waals surface area contributed by atoms with Gasteiger partial charge in [-0.05, 0) is 42.0 Å². The SMILES string of the molecule is O=C(NCc1cnco1)Nc1ccc(NS(=O)(=O)Cc2cccc(Cl)c2)cc1. The molecule has 0 saturated heterocycles. The Hall–Kier alpha value is -3.04. The van der Waals surface area contributed by atoms with Crippen molar-refractivity contribution in [2.75, 3.05) is 10.0 Å². The van der Waals surface area contributed by atoms with Crippen molar-refractivity contribution in [1.29, 1.82) is 0 Å². The number of urea groups is 1. The predicted molar refractivity (Wildman–Crippen MR) is 107 cm³/mol. The van der Waals surface area contributed by atoms with Crippen LogP contribution in [-0.4, -0.2) is 19.4 Å². The predicted octanol–water partition coefficient (Wildman–Crippen LogP) is 3.59. The highest BCUT2D eigenvalue weighted by Gasteiger charge is 2.12. The van der Waals surface area contributed by atoms with Crippen molar-refractivity contribution in [2.45, 2.75) is 12.3 Å². The maximum atomic E-state index is 12.3. The van der Waals surface area contributed by atoms with Crippen molar-refractivity contribution in [3.05, 3.63) is 77.5 Å². The normalized spacial score (nSPS) is 11.0. The summed E-state index contributed by atoms with van der Waals surface area (Å²) >= 11 is 5.88. The number of halogens is 1. The number of sulfonamides is 1. The number of carbonyl (C=O) groups is 1. The monoisotopic (exact) mass is 420 g/mol. The maximum Gasteiger partial charge on any atom is 0.319 e. The number of carbonyl (C=O) groups excluding carboxylic acids is 1. The van der Waals surface area contributed by atoms with Gasteiger partial charge in [-0.2, -0.15) is 0 Å². The summed E-state index contributed by atoms with van der Waals surface area (Å²) in [5.74, 6) is 0.331. The molecule has 0 saturated carbocycles. The van der Waals surface area contributed by atoms with Gasteiger partial charge in [0.15, 0.2) is 6.39 Å². The summed E-state index contributed by atoms with van der Waals surface area (Å²) in [6.45, 7) is 0.202. The first-order valence-corrected chi connectivity index (χ1v) is 10.2. The first kappa shape index (κ1) is 19.7. The molecular weight excluding hydrogens is 404 g/mol. The standard InChI is InChI=1S/C18H17ClN4O4S/c19-14-3-1-2-13(8-14)11-28(25,26)23-16-6-4-15(5-7-16)22-18(24)21-10-17-9-20-12-27-17/h1-9,12,23H,10-11H2,(H2,21,22,24). The Balaban J connectivity index is 1.54. The number of aromatic nitrogens is 1. The third-order valence-corrected chi connectivity index (χ3v) is 5.06. The number of hydrogen-bond acceptors (Lipinski definition) is 5. The lowest BCUT2D eigenvalue weighted by molar-refractivity contribution is 0.251. The van der Waals surface area contributed by atoms with Crippen LogP contribution in [0, 0.1) is 0 Å². The van der Waals surface area contributed by atoms with E-state index in [1.165, 1.54) is 12.6 Å². The molecule has 0 bridgehead atoms. The molecule has 1 heterocycles. The second kappa shape index (κ2) is 8.77. The zero-order chi connectivity index (χ0) is 20.0. The van der Waals surface area contributed by atoms with Crippen molar-refractivity contribution in [2.24, 2.45) is 0 Å². The van der Waals surface area contributed by atoms with Gasteiger partial charge in [0.1, 0.15) is 5.76 Å². The minimum Gasteiger partial charge on any atom is -0.447 e. The fourth-order valence-corrected chi connectivity index (χ4v) is 3.75. The van der Waals surface area contributed by atoms with Crippen LogP contribution in [-0.2, 0) is 22.3 Å². The molecule has 0 fully saturated rings. The van der Waals surface area contributed by atoms with Crippen LogP contribution >= 0.6 is 11.6 Å². The smallest absolute Gasteiger partial charge is 0.319 e. The van der Waals surface area contributed by atoms with Crippen LogP contribution < -0.4 is 15.4 Å². The van der Waals surface area contributed by atoms with Crippen molar-refractivity contribution < 1.29 is 17.6 Å². The lowest BCUT2D eigenvalue weighted by atomic mass is 10.2. The van der Waals surface area contributed by atoms with Crippen LogP contribution in [0.15, 0.2) is 65.5 Å². The number of benzene rings is 2. The maximum absolute atomic E-state index is 12.3. The Morgan fingerprint density at radius 2 is 1.86 bits per heavy atom. The number of anilines is 2. The molecule has 0 aliphatic rings. The van der Waals surface area contributed by atoms with E-state index in [-0.39, 0.29) is 12.3 Å². The van der Waals surface area contributed by atoms with Crippen LogP contribution in [0.1, 0.15) is 11.3 Å². The van der Waals surface area contributed by atoms with E-state index in [4.69, 9.17) is 16.0 Å². The van der Waals surface area contributed by atoms with E-state index in [0.29, 0.717) is 27.7 Å². The molecule has 3 rings (SSSR count). The fourth-order valence-electron chi connectivity index (χ4n) is 2.36. The number of nitrogens with one attached hydrogen (secondary N) is 3.